The maximum Gasteiger partial charge on any atom is 0.337 e. The molecule has 16 heavy (non-hydrogen) atoms. The monoisotopic (exact) mass is 293 g/mol. The Labute approximate surface area is 96.6 Å². The van der Waals surface area contributed by atoms with Crippen molar-refractivity contribution in [1.29, 1.82) is 0 Å². The fraction of sp³-hybridized carbons (Fsp3) is 0.125. The molecule has 86 valence electrons. The van der Waals surface area contributed by atoms with Gasteiger partial charge in [0.1, 0.15) is 0 Å². The van der Waals surface area contributed by atoms with E-state index in [2.05, 4.69) is 15.9 Å². The highest BCUT2D eigenvalue weighted by Crippen LogP contribution is 2.31. The summed E-state index contributed by atoms with van der Waals surface area (Å²) in [7, 11) is 0. The number of halogens is 2. The Bertz CT molecular complexity index is 464. The molecule has 1 rings (SSSR count). The number of carboxylic acid groups (broad SMARTS) is 1. The van der Waals surface area contributed by atoms with Gasteiger partial charge in [0.2, 0.25) is 5.82 Å². The molecular formula is C8H5BrFNO5. The number of hydrogen-bond acceptors (Lipinski definition) is 4. The van der Waals surface area contributed by atoms with Crippen molar-refractivity contribution in [2.75, 3.05) is 0 Å². The van der Waals surface area contributed by atoms with Gasteiger partial charge in [-0.05, 0) is 6.07 Å². The first-order valence-corrected chi connectivity index (χ1v) is 4.68. The number of rotatable bonds is 3. The Morgan fingerprint density at radius 3 is 2.56 bits per heavy atom. The van der Waals surface area contributed by atoms with Crippen LogP contribution in [0.2, 0.25) is 0 Å². The van der Waals surface area contributed by atoms with Crippen LogP contribution in [0.3, 0.4) is 0 Å². The van der Waals surface area contributed by atoms with Crippen LogP contribution in [0.4, 0.5) is 10.1 Å². The lowest BCUT2D eigenvalue weighted by Gasteiger charge is -2.09. The zero-order valence-electron chi connectivity index (χ0n) is 7.55. The molecule has 0 amide bonds. The number of nitro benzene ring substituents is 1. The van der Waals surface area contributed by atoms with Crippen LogP contribution >= 0.6 is 15.9 Å². The summed E-state index contributed by atoms with van der Waals surface area (Å²) in [5, 5.41) is 28.1. The third-order valence-corrected chi connectivity index (χ3v) is 2.50. The molecule has 1 aromatic carbocycles. The quantitative estimate of drug-likeness (QED) is 0.651. The van der Waals surface area contributed by atoms with Crippen molar-refractivity contribution in [2.45, 2.75) is 6.10 Å². The molecule has 8 heteroatoms. The van der Waals surface area contributed by atoms with E-state index in [1.54, 1.807) is 0 Å². The van der Waals surface area contributed by atoms with E-state index >= 15 is 0 Å². The fourth-order valence-corrected chi connectivity index (χ4v) is 1.60. The second-order valence-electron chi connectivity index (χ2n) is 2.79. The summed E-state index contributed by atoms with van der Waals surface area (Å²) in [4.78, 5) is 19.9. The van der Waals surface area contributed by atoms with Crippen molar-refractivity contribution in [2.24, 2.45) is 0 Å². The van der Waals surface area contributed by atoms with Crippen LogP contribution in [-0.2, 0) is 4.79 Å². The predicted octanol–water partition coefficient (Wildman–Crippen LogP) is 1.61. The number of nitro groups is 1. The first kappa shape index (κ1) is 12.5. The highest BCUT2D eigenvalue weighted by atomic mass is 79.9. The van der Waals surface area contributed by atoms with Gasteiger partial charge in [0, 0.05) is 16.1 Å². The van der Waals surface area contributed by atoms with E-state index in [9.17, 15) is 24.4 Å². The topological polar surface area (TPSA) is 101 Å². The molecule has 0 fully saturated rings. The zero-order chi connectivity index (χ0) is 12.5. The first-order chi connectivity index (χ1) is 7.36. The second-order valence-corrected chi connectivity index (χ2v) is 3.65. The Balaban J connectivity index is 3.43. The third kappa shape index (κ3) is 2.17. The lowest BCUT2D eigenvalue weighted by Crippen LogP contribution is -2.14. The van der Waals surface area contributed by atoms with E-state index in [1.807, 2.05) is 0 Å². The summed E-state index contributed by atoms with van der Waals surface area (Å²) in [5.41, 5.74) is -1.56. The number of aliphatic carboxylic acids is 1. The molecule has 0 spiro atoms. The van der Waals surface area contributed by atoms with Gasteiger partial charge in [-0.2, -0.15) is 4.39 Å². The number of nitrogens with zero attached hydrogens (tertiary/aromatic N) is 1. The van der Waals surface area contributed by atoms with Gasteiger partial charge in [-0.25, -0.2) is 4.79 Å². The Hall–Kier alpha value is -1.54. The van der Waals surface area contributed by atoms with Gasteiger partial charge in [0.15, 0.2) is 6.10 Å². The molecule has 0 saturated carbocycles. The maximum atomic E-state index is 13.5. The molecule has 0 aliphatic heterocycles. The summed E-state index contributed by atoms with van der Waals surface area (Å²) in [5.74, 6) is -3.06. The Morgan fingerprint density at radius 2 is 2.12 bits per heavy atom. The summed E-state index contributed by atoms with van der Waals surface area (Å²) in [6.07, 6.45) is -2.16. The first-order valence-electron chi connectivity index (χ1n) is 3.89. The Kier molecular flexibility index (Phi) is 3.55. The number of benzene rings is 1. The molecule has 2 N–H and O–H groups in total. The molecular weight excluding hydrogens is 289 g/mol. The fourth-order valence-electron chi connectivity index (χ4n) is 1.07. The second kappa shape index (κ2) is 4.54. The van der Waals surface area contributed by atoms with Crippen LogP contribution in [0.25, 0.3) is 0 Å². The minimum Gasteiger partial charge on any atom is -0.479 e. The van der Waals surface area contributed by atoms with Gasteiger partial charge in [-0.15, -0.1) is 0 Å². The summed E-state index contributed by atoms with van der Waals surface area (Å²) in [6.45, 7) is 0. The lowest BCUT2D eigenvalue weighted by molar-refractivity contribution is -0.387. The minimum absolute atomic E-state index is 0.0505. The van der Waals surface area contributed by atoms with Crippen molar-refractivity contribution in [3.05, 3.63) is 38.1 Å². The van der Waals surface area contributed by atoms with Gasteiger partial charge in [0.25, 0.3) is 0 Å². The van der Waals surface area contributed by atoms with Gasteiger partial charge in [-0.1, -0.05) is 15.9 Å². The highest BCUT2D eigenvalue weighted by molar-refractivity contribution is 9.10. The molecule has 0 saturated heterocycles. The largest absolute Gasteiger partial charge is 0.479 e. The summed E-state index contributed by atoms with van der Waals surface area (Å²) < 4.78 is 13.4. The average molecular weight is 294 g/mol. The summed E-state index contributed by atoms with van der Waals surface area (Å²) in [6, 6.07) is 1.97. The van der Waals surface area contributed by atoms with E-state index in [0.29, 0.717) is 0 Å². The van der Waals surface area contributed by atoms with E-state index in [0.717, 1.165) is 12.1 Å². The molecule has 0 aliphatic rings. The van der Waals surface area contributed by atoms with E-state index < -0.39 is 34.1 Å². The van der Waals surface area contributed by atoms with Crippen LogP contribution in [-0.4, -0.2) is 21.1 Å². The zero-order valence-corrected chi connectivity index (χ0v) is 9.14. The van der Waals surface area contributed by atoms with E-state index in [4.69, 9.17) is 5.11 Å². The van der Waals surface area contributed by atoms with Crippen molar-refractivity contribution in [3.63, 3.8) is 0 Å². The lowest BCUT2D eigenvalue weighted by atomic mass is 10.1. The smallest absolute Gasteiger partial charge is 0.337 e. The van der Waals surface area contributed by atoms with Gasteiger partial charge >= 0.3 is 11.7 Å². The van der Waals surface area contributed by atoms with Gasteiger partial charge in [0.05, 0.1) is 4.92 Å². The number of carbonyl (C=O) groups is 1. The highest BCUT2D eigenvalue weighted by Gasteiger charge is 2.28. The van der Waals surface area contributed by atoms with Crippen molar-refractivity contribution >= 4 is 27.6 Å². The third-order valence-electron chi connectivity index (χ3n) is 1.81. The van der Waals surface area contributed by atoms with Crippen LogP contribution in [0, 0.1) is 15.9 Å². The molecule has 0 aromatic heterocycles. The van der Waals surface area contributed by atoms with Crippen molar-refractivity contribution in [1.82, 2.24) is 0 Å². The molecule has 0 aliphatic carbocycles. The van der Waals surface area contributed by atoms with Gasteiger partial charge < -0.3 is 10.2 Å². The standard InChI is InChI=1S/C8H5BrFNO5/c9-3-1-2-4(11(15)16)6(10)5(3)7(12)8(13)14/h1-2,7,12H,(H,13,14). The van der Waals surface area contributed by atoms with Crippen molar-refractivity contribution in [3.8, 4) is 0 Å². The number of carboxylic acids is 1. The molecule has 1 unspecified atom stereocenters. The molecule has 0 bridgehead atoms. The minimum atomic E-state index is -2.16. The van der Waals surface area contributed by atoms with E-state index in [-0.39, 0.29) is 4.47 Å². The van der Waals surface area contributed by atoms with Crippen LogP contribution in [0.15, 0.2) is 16.6 Å². The normalized spacial score (nSPS) is 12.2. The summed E-state index contributed by atoms with van der Waals surface area (Å²) >= 11 is 2.81. The molecule has 0 radical (unpaired) electrons. The molecule has 6 nitrogen and oxygen atoms in total. The van der Waals surface area contributed by atoms with Crippen LogP contribution in [0.5, 0.6) is 0 Å². The Morgan fingerprint density at radius 1 is 1.56 bits per heavy atom. The number of aliphatic hydroxyl groups excluding tert-OH is 1. The van der Waals surface area contributed by atoms with E-state index in [1.165, 1.54) is 0 Å². The molecule has 1 atom stereocenters. The number of hydrogen-bond donors (Lipinski definition) is 2. The van der Waals surface area contributed by atoms with Crippen molar-refractivity contribution < 1.29 is 24.3 Å². The maximum absolute atomic E-state index is 13.5. The molecule has 1 aromatic rings. The van der Waals surface area contributed by atoms with Crippen LogP contribution in [0.1, 0.15) is 11.7 Å². The molecule has 0 heterocycles. The average Bonchev–Trinajstić information content (AvgIpc) is 2.16. The number of aliphatic hydroxyl groups is 1. The van der Waals surface area contributed by atoms with Gasteiger partial charge in [-0.3, -0.25) is 10.1 Å². The van der Waals surface area contributed by atoms with Crippen LogP contribution < -0.4 is 0 Å². The SMILES string of the molecule is O=C(O)C(O)c1c(Br)ccc([N+](=O)[O-])c1F. The predicted molar refractivity (Wildman–Crippen MR) is 53.4 cm³/mol.